The van der Waals surface area contributed by atoms with Gasteiger partial charge in [-0.05, 0) is 24.6 Å². The van der Waals surface area contributed by atoms with E-state index in [4.69, 9.17) is 16.3 Å². The van der Waals surface area contributed by atoms with Gasteiger partial charge >= 0.3 is 0 Å². The maximum Gasteiger partial charge on any atom is 0.243 e. The van der Waals surface area contributed by atoms with Gasteiger partial charge in [0, 0.05) is 25.3 Å². The van der Waals surface area contributed by atoms with Crippen LogP contribution in [0, 0.1) is 5.82 Å². The molecule has 0 saturated heterocycles. The van der Waals surface area contributed by atoms with Crippen molar-refractivity contribution < 1.29 is 17.5 Å². The standard InChI is InChI=1S/C10H13ClFNO3S/c1-16-6-2-5-13-17(14,15)10-7-8(11)3-4-9(10)12/h3-4,7,13H,2,5-6H2,1H3. The molecule has 4 nitrogen and oxygen atoms in total. The Hall–Kier alpha value is -0.690. The molecule has 96 valence electrons. The van der Waals surface area contributed by atoms with Crippen molar-refractivity contribution in [1.82, 2.24) is 4.72 Å². The Balaban J connectivity index is 2.79. The number of rotatable bonds is 6. The Morgan fingerprint density at radius 3 is 2.82 bits per heavy atom. The zero-order valence-corrected chi connectivity index (χ0v) is 10.8. The van der Waals surface area contributed by atoms with E-state index in [-0.39, 0.29) is 11.6 Å². The Morgan fingerprint density at radius 1 is 1.47 bits per heavy atom. The molecule has 1 N–H and O–H groups in total. The van der Waals surface area contributed by atoms with Crippen molar-refractivity contribution >= 4 is 21.6 Å². The molecule has 1 rings (SSSR count). The van der Waals surface area contributed by atoms with Gasteiger partial charge in [-0.1, -0.05) is 11.6 Å². The minimum atomic E-state index is -3.86. The Kier molecular flexibility index (Phi) is 5.32. The second-order valence-electron chi connectivity index (χ2n) is 3.32. The maximum atomic E-state index is 13.3. The van der Waals surface area contributed by atoms with E-state index in [9.17, 15) is 12.8 Å². The Bertz CT molecular complexity index is 478. The SMILES string of the molecule is COCCCNS(=O)(=O)c1cc(Cl)ccc1F. The van der Waals surface area contributed by atoms with Crippen LogP contribution in [0.3, 0.4) is 0 Å². The highest BCUT2D eigenvalue weighted by atomic mass is 35.5. The molecule has 0 aliphatic carbocycles. The number of methoxy groups -OCH3 is 1. The first-order chi connectivity index (χ1) is 7.97. The average Bonchev–Trinajstić information content (AvgIpc) is 2.28. The van der Waals surface area contributed by atoms with Gasteiger partial charge in [-0.3, -0.25) is 0 Å². The monoisotopic (exact) mass is 281 g/mol. The minimum Gasteiger partial charge on any atom is -0.385 e. The summed E-state index contributed by atoms with van der Waals surface area (Å²) in [6.45, 7) is 0.614. The molecule has 0 aliphatic heterocycles. The third kappa shape index (κ3) is 4.23. The zero-order valence-electron chi connectivity index (χ0n) is 9.24. The summed E-state index contributed by atoms with van der Waals surface area (Å²) < 4.78 is 43.8. The third-order valence-corrected chi connectivity index (χ3v) is 3.71. The highest BCUT2D eigenvalue weighted by molar-refractivity contribution is 7.89. The van der Waals surface area contributed by atoms with E-state index in [1.807, 2.05) is 0 Å². The van der Waals surface area contributed by atoms with E-state index in [0.29, 0.717) is 13.0 Å². The van der Waals surface area contributed by atoms with Gasteiger partial charge in [0.15, 0.2) is 0 Å². The van der Waals surface area contributed by atoms with E-state index in [0.717, 1.165) is 12.1 Å². The number of hydrogen-bond acceptors (Lipinski definition) is 3. The van der Waals surface area contributed by atoms with Crippen LogP contribution >= 0.6 is 11.6 Å². The zero-order chi connectivity index (χ0) is 12.9. The number of hydrogen-bond donors (Lipinski definition) is 1. The summed E-state index contributed by atoms with van der Waals surface area (Å²) in [5, 5.41) is 0.170. The summed E-state index contributed by atoms with van der Waals surface area (Å²) in [5.41, 5.74) is 0. The van der Waals surface area contributed by atoms with E-state index >= 15 is 0 Å². The van der Waals surface area contributed by atoms with Crippen LogP contribution in [0.1, 0.15) is 6.42 Å². The predicted octanol–water partition coefficient (Wildman–Crippen LogP) is 1.79. The van der Waals surface area contributed by atoms with Gasteiger partial charge in [-0.15, -0.1) is 0 Å². The van der Waals surface area contributed by atoms with E-state index < -0.39 is 20.7 Å². The van der Waals surface area contributed by atoms with Gasteiger partial charge in [0.2, 0.25) is 10.0 Å². The number of sulfonamides is 1. The molecule has 0 fully saturated rings. The second kappa shape index (κ2) is 6.30. The molecule has 0 saturated carbocycles. The first kappa shape index (κ1) is 14.4. The molecule has 0 bridgehead atoms. The van der Waals surface area contributed by atoms with Crippen molar-refractivity contribution in [3.05, 3.63) is 29.0 Å². The first-order valence-electron chi connectivity index (χ1n) is 4.91. The van der Waals surface area contributed by atoms with E-state index in [1.54, 1.807) is 0 Å². The molecule has 0 radical (unpaired) electrons. The van der Waals surface area contributed by atoms with Crippen molar-refractivity contribution in [2.24, 2.45) is 0 Å². The van der Waals surface area contributed by atoms with Crippen molar-refractivity contribution in [3.63, 3.8) is 0 Å². The van der Waals surface area contributed by atoms with Gasteiger partial charge in [0.1, 0.15) is 10.7 Å². The molecular formula is C10H13ClFNO3S. The normalized spacial score (nSPS) is 11.7. The van der Waals surface area contributed by atoms with E-state index in [1.165, 1.54) is 13.2 Å². The van der Waals surface area contributed by atoms with Crippen LogP contribution in [0.4, 0.5) is 4.39 Å². The van der Waals surface area contributed by atoms with Gasteiger partial charge < -0.3 is 4.74 Å². The quantitative estimate of drug-likeness (QED) is 0.809. The Labute approximate surface area is 105 Å². The summed E-state index contributed by atoms with van der Waals surface area (Å²) in [6, 6.07) is 3.39. The topological polar surface area (TPSA) is 55.4 Å². The lowest BCUT2D eigenvalue weighted by molar-refractivity contribution is 0.196. The van der Waals surface area contributed by atoms with Crippen LogP contribution < -0.4 is 4.72 Å². The molecule has 0 aromatic heterocycles. The molecule has 7 heteroatoms. The molecule has 0 unspecified atom stereocenters. The van der Waals surface area contributed by atoms with Crippen LogP contribution in [0.5, 0.6) is 0 Å². The molecule has 0 atom stereocenters. The predicted molar refractivity (Wildman–Crippen MR) is 63.1 cm³/mol. The lowest BCUT2D eigenvalue weighted by Crippen LogP contribution is -2.26. The van der Waals surface area contributed by atoms with Crippen LogP contribution in [0.2, 0.25) is 5.02 Å². The highest BCUT2D eigenvalue weighted by Crippen LogP contribution is 2.19. The van der Waals surface area contributed by atoms with Gasteiger partial charge in [0.25, 0.3) is 0 Å². The van der Waals surface area contributed by atoms with Gasteiger partial charge in [-0.25, -0.2) is 17.5 Å². The summed E-state index contributed by atoms with van der Waals surface area (Å²) >= 11 is 5.63. The van der Waals surface area contributed by atoms with Crippen LogP contribution in [-0.4, -0.2) is 28.7 Å². The molecule has 0 aliphatic rings. The lowest BCUT2D eigenvalue weighted by atomic mass is 10.3. The molecule has 1 aromatic rings. The van der Waals surface area contributed by atoms with Crippen molar-refractivity contribution in [2.75, 3.05) is 20.3 Å². The van der Waals surface area contributed by atoms with Gasteiger partial charge in [0.05, 0.1) is 0 Å². The Morgan fingerprint density at radius 2 is 2.18 bits per heavy atom. The third-order valence-electron chi connectivity index (χ3n) is 2.00. The number of benzene rings is 1. The van der Waals surface area contributed by atoms with Crippen molar-refractivity contribution in [1.29, 1.82) is 0 Å². The second-order valence-corrected chi connectivity index (χ2v) is 5.49. The molecule has 17 heavy (non-hydrogen) atoms. The fourth-order valence-corrected chi connectivity index (χ4v) is 2.60. The summed E-state index contributed by atoms with van der Waals surface area (Å²) in [5.74, 6) is -0.825. The number of nitrogens with one attached hydrogen (secondary N) is 1. The maximum absolute atomic E-state index is 13.3. The largest absolute Gasteiger partial charge is 0.385 e. The van der Waals surface area contributed by atoms with Crippen LogP contribution in [0.25, 0.3) is 0 Å². The van der Waals surface area contributed by atoms with Gasteiger partial charge in [-0.2, -0.15) is 0 Å². The molecule has 0 heterocycles. The average molecular weight is 282 g/mol. The summed E-state index contributed by atoms with van der Waals surface area (Å²) in [4.78, 5) is -0.442. The van der Waals surface area contributed by atoms with E-state index in [2.05, 4.69) is 4.72 Å². The molecule has 0 spiro atoms. The van der Waals surface area contributed by atoms with Crippen molar-refractivity contribution in [2.45, 2.75) is 11.3 Å². The number of halogens is 2. The van der Waals surface area contributed by atoms with Crippen LogP contribution in [-0.2, 0) is 14.8 Å². The smallest absolute Gasteiger partial charge is 0.243 e. The molecular weight excluding hydrogens is 269 g/mol. The first-order valence-corrected chi connectivity index (χ1v) is 6.77. The minimum absolute atomic E-state index is 0.170. The molecule has 0 amide bonds. The fraction of sp³-hybridized carbons (Fsp3) is 0.400. The highest BCUT2D eigenvalue weighted by Gasteiger charge is 2.18. The van der Waals surface area contributed by atoms with Crippen molar-refractivity contribution in [3.8, 4) is 0 Å². The lowest BCUT2D eigenvalue weighted by Gasteiger charge is -2.07. The summed E-state index contributed by atoms with van der Waals surface area (Å²) in [6.07, 6.45) is 0.512. The molecule has 1 aromatic carbocycles. The fourth-order valence-electron chi connectivity index (χ4n) is 1.18. The van der Waals surface area contributed by atoms with Crippen LogP contribution in [0.15, 0.2) is 23.1 Å². The summed E-state index contributed by atoms with van der Waals surface area (Å²) in [7, 11) is -2.34. The number of ether oxygens (including phenoxy) is 1.